The Kier molecular flexibility index (Phi) is 2.08. The summed E-state index contributed by atoms with van der Waals surface area (Å²) in [6, 6.07) is 5.37. The van der Waals surface area contributed by atoms with Gasteiger partial charge in [0.25, 0.3) is 0 Å². The predicted octanol–water partition coefficient (Wildman–Crippen LogP) is 2.76. The summed E-state index contributed by atoms with van der Waals surface area (Å²) in [5, 5.41) is 4.97. The number of aldehydes is 1. The number of rotatable bonds is 2. The Labute approximate surface area is 81.7 Å². The lowest BCUT2D eigenvalue weighted by molar-refractivity contribution is 0.112. The molecule has 14 heavy (non-hydrogen) atoms. The highest BCUT2D eigenvalue weighted by Gasteiger charge is 2.11. The first kappa shape index (κ1) is 8.94. The number of aromatic nitrogens is 1. The van der Waals surface area contributed by atoms with Crippen molar-refractivity contribution in [3.63, 3.8) is 0 Å². The van der Waals surface area contributed by atoms with Crippen molar-refractivity contribution < 1.29 is 9.32 Å². The topological polar surface area (TPSA) is 43.1 Å². The Hall–Kier alpha value is -1.64. The zero-order valence-corrected chi connectivity index (χ0v) is 8.15. The van der Waals surface area contributed by atoms with E-state index in [0.29, 0.717) is 17.1 Å². The summed E-state index contributed by atoms with van der Waals surface area (Å²) in [5.41, 5.74) is 2.24. The number of carbonyl (C=O) groups is 1. The first-order valence-corrected chi connectivity index (χ1v) is 4.57. The minimum Gasteiger partial charge on any atom is -0.356 e. The minimum absolute atomic E-state index is 0.332. The Balaban J connectivity index is 2.65. The normalized spacial score (nSPS) is 11.1. The van der Waals surface area contributed by atoms with Gasteiger partial charge >= 0.3 is 0 Å². The van der Waals surface area contributed by atoms with Crippen LogP contribution in [0.3, 0.4) is 0 Å². The van der Waals surface area contributed by atoms with Crippen LogP contribution in [0.2, 0.25) is 0 Å². The molecule has 72 valence electrons. The largest absolute Gasteiger partial charge is 0.356 e. The van der Waals surface area contributed by atoms with E-state index in [1.54, 1.807) is 12.1 Å². The fourth-order valence-corrected chi connectivity index (χ4v) is 1.46. The van der Waals surface area contributed by atoms with E-state index < -0.39 is 0 Å². The van der Waals surface area contributed by atoms with Crippen molar-refractivity contribution in [1.29, 1.82) is 0 Å². The van der Waals surface area contributed by atoms with Crippen molar-refractivity contribution in [1.82, 2.24) is 5.16 Å². The van der Waals surface area contributed by atoms with Crippen LogP contribution in [0.1, 0.15) is 35.8 Å². The van der Waals surface area contributed by atoms with Gasteiger partial charge in [-0.15, -0.1) is 0 Å². The summed E-state index contributed by atoms with van der Waals surface area (Å²) in [7, 11) is 0. The minimum atomic E-state index is 0.332. The molecule has 0 aliphatic carbocycles. The molecule has 1 aromatic carbocycles. The van der Waals surface area contributed by atoms with Gasteiger partial charge in [0.1, 0.15) is 6.29 Å². The standard InChI is InChI=1S/C11H11NO2/c1-7(2)11-9-4-3-8(6-13)5-10(9)14-12-11/h3-7H,1-2H3. The highest BCUT2D eigenvalue weighted by Crippen LogP contribution is 2.24. The van der Waals surface area contributed by atoms with Gasteiger partial charge < -0.3 is 4.52 Å². The van der Waals surface area contributed by atoms with Gasteiger partial charge in [-0.25, -0.2) is 0 Å². The molecule has 0 bridgehead atoms. The molecule has 0 fully saturated rings. The molecule has 0 atom stereocenters. The van der Waals surface area contributed by atoms with Crippen molar-refractivity contribution >= 4 is 17.3 Å². The van der Waals surface area contributed by atoms with Crippen molar-refractivity contribution in [3.8, 4) is 0 Å². The van der Waals surface area contributed by atoms with Gasteiger partial charge in [-0.2, -0.15) is 0 Å². The van der Waals surface area contributed by atoms with Crippen LogP contribution in [0.25, 0.3) is 11.0 Å². The maximum absolute atomic E-state index is 10.5. The Morgan fingerprint density at radius 3 is 2.86 bits per heavy atom. The zero-order chi connectivity index (χ0) is 10.1. The average molecular weight is 189 g/mol. The van der Waals surface area contributed by atoms with Crippen LogP contribution in [-0.2, 0) is 0 Å². The van der Waals surface area contributed by atoms with Crippen LogP contribution in [0.5, 0.6) is 0 Å². The molecule has 0 radical (unpaired) electrons. The van der Waals surface area contributed by atoms with Gasteiger partial charge in [-0.1, -0.05) is 25.1 Å². The molecule has 1 aromatic heterocycles. The third-order valence-corrected chi connectivity index (χ3v) is 2.21. The van der Waals surface area contributed by atoms with E-state index in [-0.39, 0.29) is 0 Å². The summed E-state index contributed by atoms with van der Waals surface area (Å²) < 4.78 is 5.14. The van der Waals surface area contributed by atoms with E-state index >= 15 is 0 Å². The van der Waals surface area contributed by atoms with Gasteiger partial charge in [0, 0.05) is 10.9 Å². The second-order valence-corrected chi connectivity index (χ2v) is 3.60. The van der Waals surface area contributed by atoms with Gasteiger partial charge in [0.15, 0.2) is 5.58 Å². The van der Waals surface area contributed by atoms with E-state index in [0.717, 1.165) is 17.4 Å². The molecule has 0 unspecified atom stereocenters. The molecule has 0 aliphatic rings. The van der Waals surface area contributed by atoms with Crippen LogP contribution < -0.4 is 0 Å². The van der Waals surface area contributed by atoms with Crippen molar-refractivity contribution in [2.75, 3.05) is 0 Å². The zero-order valence-electron chi connectivity index (χ0n) is 8.15. The van der Waals surface area contributed by atoms with Crippen LogP contribution in [0.15, 0.2) is 22.7 Å². The van der Waals surface area contributed by atoms with E-state index in [4.69, 9.17) is 4.52 Å². The second-order valence-electron chi connectivity index (χ2n) is 3.60. The molecule has 0 aliphatic heterocycles. The third-order valence-electron chi connectivity index (χ3n) is 2.21. The lowest BCUT2D eigenvalue weighted by Gasteiger charge is -1.97. The Morgan fingerprint density at radius 2 is 2.21 bits per heavy atom. The summed E-state index contributed by atoms with van der Waals surface area (Å²) >= 11 is 0. The fourth-order valence-electron chi connectivity index (χ4n) is 1.46. The first-order valence-electron chi connectivity index (χ1n) is 4.57. The molecular weight excluding hydrogens is 178 g/mol. The monoisotopic (exact) mass is 189 g/mol. The number of nitrogens with zero attached hydrogens (tertiary/aromatic N) is 1. The lowest BCUT2D eigenvalue weighted by atomic mass is 10.1. The number of benzene rings is 1. The molecular formula is C11H11NO2. The van der Waals surface area contributed by atoms with E-state index in [9.17, 15) is 4.79 Å². The maximum atomic E-state index is 10.5. The van der Waals surface area contributed by atoms with Gasteiger partial charge in [-0.05, 0) is 18.1 Å². The van der Waals surface area contributed by atoms with Gasteiger partial charge in [-0.3, -0.25) is 4.79 Å². The summed E-state index contributed by atoms with van der Waals surface area (Å²) in [5.74, 6) is 0.332. The molecule has 0 spiro atoms. The molecule has 0 saturated heterocycles. The van der Waals surface area contributed by atoms with Crippen LogP contribution in [-0.4, -0.2) is 11.4 Å². The van der Waals surface area contributed by atoms with Crippen molar-refractivity contribution in [2.24, 2.45) is 0 Å². The quantitative estimate of drug-likeness (QED) is 0.682. The summed E-state index contributed by atoms with van der Waals surface area (Å²) in [6.07, 6.45) is 0.803. The van der Waals surface area contributed by atoms with Gasteiger partial charge in [0.2, 0.25) is 0 Å². The molecule has 0 N–H and O–H groups in total. The highest BCUT2D eigenvalue weighted by molar-refractivity contribution is 5.86. The third kappa shape index (κ3) is 1.31. The maximum Gasteiger partial charge on any atom is 0.167 e. The smallest absolute Gasteiger partial charge is 0.167 e. The Bertz CT molecular complexity index is 471. The van der Waals surface area contributed by atoms with E-state index in [1.807, 2.05) is 6.07 Å². The van der Waals surface area contributed by atoms with E-state index in [1.165, 1.54) is 0 Å². The predicted molar refractivity (Wildman–Crippen MR) is 53.5 cm³/mol. The lowest BCUT2D eigenvalue weighted by Crippen LogP contribution is -1.87. The van der Waals surface area contributed by atoms with Crippen LogP contribution >= 0.6 is 0 Å². The van der Waals surface area contributed by atoms with Gasteiger partial charge in [0.05, 0.1) is 5.69 Å². The summed E-state index contributed by atoms with van der Waals surface area (Å²) in [4.78, 5) is 10.5. The molecule has 3 heteroatoms. The molecule has 2 aromatic rings. The van der Waals surface area contributed by atoms with E-state index in [2.05, 4.69) is 19.0 Å². The van der Waals surface area contributed by atoms with Crippen molar-refractivity contribution in [3.05, 3.63) is 29.5 Å². The second kappa shape index (κ2) is 3.25. The average Bonchev–Trinajstić information content (AvgIpc) is 2.59. The SMILES string of the molecule is CC(C)c1noc2cc(C=O)ccc12. The highest BCUT2D eigenvalue weighted by atomic mass is 16.5. The summed E-state index contributed by atoms with van der Waals surface area (Å²) in [6.45, 7) is 4.12. The molecule has 3 nitrogen and oxygen atoms in total. The van der Waals surface area contributed by atoms with Crippen LogP contribution in [0, 0.1) is 0 Å². The molecule has 0 saturated carbocycles. The Morgan fingerprint density at radius 1 is 1.43 bits per heavy atom. The molecule has 1 heterocycles. The molecule has 0 amide bonds. The van der Waals surface area contributed by atoms with Crippen LogP contribution in [0.4, 0.5) is 0 Å². The first-order chi connectivity index (χ1) is 6.72. The number of carbonyl (C=O) groups excluding carboxylic acids is 1. The number of hydrogen-bond acceptors (Lipinski definition) is 3. The van der Waals surface area contributed by atoms with Crippen molar-refractivity contribution in [2.45, 2.75) is 19.8 Å². The number of fused-ring (bicyclic) bond motifs is 1. The number of hydrogen-bond donors (Lipinski definition) is 0. The fraction of sp³-hybridized carbons (Fsp3) is 0.273. The molecule has 2 rings (SSSR count).